The van der Waals surface area contributed by atoms with Crippen molar-refractivity contribution in [2.24, 2.45) is 0 Å². The van der Waals surface area contributed by atoms with E-state index in [1.807, 2.05) is 0 Å². The molecule has 3 aromatic heterocycles. The van der Waals surface area contributed by atoms with Crippen LogP contribution in [-0.2, 0) is 4.79 Å². The molecule has 124 valence electrons. The molecule has 7 heteroatoms. The van der Waals surface area contributed by atoms with E-state index in [4.69, 9.17) is 4.42 Å². The van der Waals surface area contributed by atoms with Gasteiger partial charge in [-0.25, -0.2) is 0 Å². The minimum atomic E-state index is -0.523. The predicted molar refractivity (Wildman–Crippen MR) is 91.3 cm³/mol. The van der Waals surface area contributed by atoms with Crippen molar-refractivity contribution in [3.8, 4) is 0 Å². The van der Waals surface area contributed by atoms with E-state index in [0.717, 1.165) is 0 Å². The molecule has 3 heterocycles. The number of nitrogens with one attached hydrogen (secondary N) is 2. The second kappa shape index (κ2) is 7.69. The van der Waals surface area contributed by atoms with E-state index in [-0.39, 0.29) is 11.5 Å². The average Bonchev–Trinajstić information content (AvgIpc) is 3.18. The van der Waals surface area contributed by atoms with Gasteiger partial charge in [0.05, 0.1) is 6.26 Å². The normalized spacial score (nSPS) is 11.0. The lowest BCUT2D eigenvalue weighted by Crippen LogP contribution is -2.30. The van der Waals surface area contributed by atoms with Gasteiger partial charge in [0.2, 0.25) is 0 Å². The van der Waals surface area contributed by atoms with Crippen LogP contribution < -0.4 is 10.6 Å². The van der Waals surface area contributed by atoms with Crippen LogP contribution in [0.5, 0.6) is 0 Å². The van der Waals surface area contributed by atoms with Crippen molar-refractivity contribution in [2.75, 3.05) is 5.32 Å². The monoisotopic (exact) mass is 334 g/mol. The highest BCUT2D eigenvalue weighted by molar-refractivity contribution is 6.10. The second-order valence-electron chi connectivity index (χ2n) is 4.97. The average molecular weight is 334 g/mol. The van der Waals surface area contributed by atoms with Crippen LogP contribution in [0.25, 0.3) is 6.08 Å². The molecule has 0 aliphatic carbocycles. The summed E-state index contributed by atoms with van der Waals surface area (Å²) in [7, 11) is 0. The fourth-order valence-corrected chi connectivity index (χ4v) is 2.01. The van der Waals surface area contributed by atoms with Crippen LogP contribution >= 0.6 is 0 Å². The summed E-state index contributed by atoms with van der Waals surface area (Å²) in [5, 5.41) is 5.26. The van der Waals surface area contributed by atoms with Crippen LogP contribution in [0.4, 0.5) is 5.69 Å². The molecule has 25 heavy (non-hydrogen) atoms. The zero-order valence-corrected chi connectivity index (χ0v) is 13.0. The smallest absolute Gasteiger partial charge is 0.291 e. The maximum absolute atomic E-state index is 12.6. The molecule has 0 saturated carbocycles. The van der Waals surface area contributed by atoms with Crippen molar-refractivity contribution in [2.45, 2.75) is 0 Å². The summed E-state index contributed by atoms with van der Waals surface area (Å²) >= 11 is 0. The Hall–Kier alpha value is -3.74. The Bertz CT molecular complexity index is 875. The zero-order chi connectivity index (χ0) is 17.5. The Morgan fingerprint density at radius 3 is 2.52 bits per heavy atom. The number of pyridine rings is 2. The minimum Gasteiger partial charge on any atom is -0.459 e. The third-order valence-electron chi connectivity index (χ3n) is 3.17. The Kier molecular flexibility index (Phi) is 4.96. The van der Waals surface area contributed by atoms with Crippen molar-refractivity contribution in [1.29, 1.82) is 0 Å². The van der Waals surface area contributed by atoms with Crippen LogP contribution in [0, 0.1) is 0 Å². The molecule has 3 aromatic rings. The lowest BCUT2D eigenvalue weighted by atomic mass is 10.2. The topological polar surface area (TPSA) is 97.1 Å². The molecular weight excluding hydrogens is 320 g/mol. The van der Waals surface area contributed by atoms with E-state index in [1.165, 1.54) is 18.4 Å². The van der Waals surface area contributed by atoms with E-state index in [2.05, 4.69) is 20.6 Å². The highest BCUT2D eigenvalue weighted by atomic mass is 16.3. The fourth-order valence-electron chi connectivity index (χ4n) is 2.01. The number of carbonyl (C=O) groups is 2. The van der Waals surface area contributed by atoms with Crippen molar-refractivity contribution in [1.82, 2.24) is 15.3 Å². The molecule has 2 amide bonds. The number of hydrogen-bond donors (Lipinski definition) is 2. The molecule has 0 aromatic carbocycles. The van der Waals surface area contributed by atoms with Crippen molar-refractivity contribution < 1.29 is 14.0 Å². The molecule has 0 aliphatic heterocycles. The highest BCUT2D eigenvalue weighted by Gasteiger charge is 2.16. The quantitative estimate of drug-likeness (QED) is 0.699. The van der Waals surface area contributed by atoms with E-state index in [0.29, 0.717) is 11.3 Å². The lowest BCUT2D eigenvalue weighted by Gasteiger charge is -2.10. The summed E-state index contributed by atoms with van der Waals surface area (Å²) in [6.45, 7) is 0. The number of rotatable bonds is 5. The maximum atomic E-state index is 12.6. The third-order valence-corrected chi connectivity index (χ3v) is 3.17. The van der Waals surface area contributed by atoms with Gasteiger partial charge in [0, 0.05) is 30.5 Å². The van der Waals surface area contributed by atoms with E-state index in [1.54, 1.807) is 55.1 Å². The summed E-state index contributed by atoms with van der Waals surface area (Å²) in [5.74, 6) is -0.895. The number of aromatic nitrogens is 2. The number of anilines is 1. The molecule has 2 N–H and O–H groups in total. The summed E-state index contributed by atoms with van der Waals surface area (Å²) in [6, 6.07) is 9.90. The van der Waals surface area contributed by atoms with Gasteiger partial charge in [-0.05, 0) is 42.0 Å². The first-order chi connectivity index (χ1) is 12.2. The Morgan fingerprint density at radius 1 is 1.00 bits per heavy atom. The van der Waals surface area contributed by atoms with Crippen LogP contribution in [0.15, 0.2) is 77.6 Å². The molecule has 0 unspecified atom stereocenters. The molecule has 0 spiro atoms. The van der Waals surface area contributed by atoms with Gasteiger partial charge in [0.15, 0.2) is 5.76 Å². The second-order valence-corrected chi connectivity index (χ2v) is 4.97. The van der Waals surface area contributed by atoms with Gasteiger partial charge in [-0.1, -0.05) is 6.07 Å². The SMILES string of the molecule is O=C(Nc1ccncc1)C(=Cc1cccnc1)NC(=O)c1ccco1. The maximum Gasteiger partial charge on any atom is 0.291 e. The van der Waals surface area contributed by atoms with E-state index >= 15 is 0 Å². The number of amides is 2. The summed E-state index contributed by atoms with van der Waals surface area (Å²) in [6.07, 6.45) is 9.23. The minimum absolute atomic E-state index is 0.0613. The van der Waals surface area contributed by atoms with Crippen LogP contribution in [0.1, 0.15) is 16.1 Å². The Balaban J connectivity index is 1.84. The van der Waals surface area contributed by atoms with Crippen LogP contribution in [0.2, 0.25) is 0 Å². The van der Waals surface area contributed by atoms with Crippen molar-refractivity contribution in [3.05, 3.63) is 84.5 Å². The number of carbonyl (C=O) groups excluding carboxylic acids is 2. The van der Waals surface area contributed by atoms with Gasteiger partial charge in [-0.15, -0.1) is 0 Å². The lowest BCUT2D eigenvalue weighted by molar-refractivity contribution is -0.113. The molecule has 3 rings (SSSR count). The van der Waals surface area contributed by atoms with Gasteiger partial charge in [-0.3, -0.25) is 19.6 Å². The first-order valence-corrected chi connectivity index (χ1v) is 7.40. The van der Waals surface area contributed by atoms with Crippen LogP contribution in [-0.4, -0.2) is 21.8 Å². The first kappa shape index (κ1) is 16.1. The van der Waals surface area contributed by atoms with E-state index in [9.17, 15) is 9.59 Å². The largest absolute Gasteiger partial charge is 0.459 e. The Morgan fingerprint density at radius 2 is 1.84 bits per heavy atom. The number of nitrogens with zero attached hydrogens (tertiary/aromatic N) is 2. The zero-order valence-electron chi connectivity index (χ0n) is 13.0. The molecule has 0 aliphatic rings. The van der Waals surface area contributed by atoms with Crippen LogP contribution in [0.3, 0.4) is 0 Å². The number of furan rings is 1. The molecular formula is C18H14N4O3. The third kappa shape index (κ3) is 4.38. The van der Waals surface area contributed by atoms with Gasteiger partial charge in [0.1, 0.15) is 5.70 Å². The Labute approximate surface area is 143 Å². The molecule has 0 atom stereocenters. The summed E-state index contributed by atoms with van der Waals surface area (Å²) < 4.78 is 5.05. The van der Waals surface area contributed by atoms with Gasteiger partial charge in [-0.2, -0.15) is 0 Å². The van der Waals surface area contributed by atoms with Crippen molar-refractivity contribution in [3.63, 3.8) is 0 Å². The molecule has 0 saturated heterocycles. The summed E-state index contributed by atoms with van der Waals surface area (Å²) in [4.78, 5) is 32.7. The van der Waals surface area contributed by atoms with Gasteiger partial charge in [0.25, 0.3) is 11.8 Å². The van der Waals surface area contributed by atoms with E-state index < -0.39 is 11.8 Å². The first-order valence-electron chi connectivity index (χ1n) is 7.40. The standard InChI is InChI=1S/C18H14N4O3/c23-17(21-14-5-8-19-9-6-14)15(11-13-3-1-7-20-12-13)22-18(24)16-4-2-10-25-16/h1-12H,(H,22,24)(H,19,21,23). The predicted octanol–water partition coefficient (Wildman–Crippen LogP) is 2.48. The van der Waals surface area contributed by atoms with Gasteiger partial charge >= 0.3 is 0 Å². The van der Waals surface area contributed by atoms with Gasteiger partial charge < -0.3 is 15.1 Å². The molecule has 0 fully saturated rings. The molecule has 0 bridgehead atoms. The number of hydrogen-bond acceptors (Lipinski definition) is 5. The fraction of sp³-hybridized carbons (Fsp3) is 0. The summed E-state index contributed by atoms with van der Waals surface area (Å²) in [5.41, 5.74) is 1.29. The molecule has 0 radical (unpaired) electrons. The van der Waals surface area contributed by atoms with Crippen molar-refractivity contribution >= 4 is 23.6 Å². The highest BCUT2D eigenvalue weighted by Crippen LogP contribution is 2.10. The molecule has 7 nitrogen and oxygen atoms in total.